The summed E-state index contributed by atoms with van der Waals surface area (Å²) in [5, 5.41) is 8.51. The quantitative estimate of drug-likeness (QED) is 0.640. The maximum atomic E-state index is 12.3. The molecule has 1 amide bonds. The number of thiazole rings is 1. The highest BCUT2D eigenvalue weighted by molar-refractivity contribution is 7.93. The molecule has 1 aromatic carbocycles. The zero-order chi connectivity index (χ0) is 19.4. The number of carbonyl (C=O) groups excluding carboxylic acids is 1. The first-order valence-corrected chi connectivity index (χ1v) is 10.1. The summed E-state index contributed by atoms with van der Waals surface area (Å²) in [6.07, 6.45) is 1.50. The SMILES string of the molecule is Cc1ccc(=O)n(CC(=O)Nc2ccc(S(=O)(=O)Nc3nccs3)cc2)n1. The van der Waals surface area contributed by atoms with Crippen molar-refractivity contribution >= 4 is 38.1 Å². The normalized spacial score (nSPS) is 11.1. The number of hydrogen-bond donors (Lipinski definition) is 2. The van der Waals surface area contributed by atoms with Crippen molar-refractivity contribution in [3.63, 3.8) is 0 Å². The topological polar surface area (TPSA) is 123 Å². The largest absolute Gasteiger partial charge is 0.324 e. The number of nitrogens with one attached hydrogen (secondary N) is 2. The zero-order valence-electron chi connectivity index (χ0n) is 14.1. The number of anilines is 2. The van der Waals surface area contributed by atoms with Crippen LogP contribution in [0.25, 0.3) is 0 Å². The Kier molecular flexibility index (Phi) is 5.33. The minimum Gasteiger partial charge on any atom is -0.324 e. The lowest BCUT2D eigenvalue weighted by Crippen LogP contribution is -2.29. The van der Waals surface area contributed by atoms with E-state index in [-0.39, 0.29) is 22.1 Å². The Morgan fingerprint density at radius 3 is 2.59 bits per heavy atom. The minimum atomic E-state index is -3.76. The average molecular weight is 405 g/mol. The second-order valence-electron chi connectivity index (χ2n) is 5.49. The van der Waals surface area contributed by atoms with Crippen LogP contribution in [0.15, 0.2) is 57.7 Å². The molecule has 0 unspecified atom stereocenters. The van der Waals surface area contributed by atoms with E-state index in [2.05, 4.69) is 20.1 Å². The van der Waals surface area contributed by atoms with Crippen LogP contribution in [0.5, 0.6) is 0 Å². The van der Waals surface area contributed by atoms with Gasteiger partial charge in [-0.15, -0.1) is 11.3 Å². The van der Waals surface area contributed by atoms with E-state index in [9.17, 15) is 18.0 Å². The summed E-state index contributed by atoms with van der Waals surface area (Å²) in [4.78, 5) is 27.7. The fourth-order valence-corrected chi connectivity index (χ4v) is 3.95. The molecular formula is C16H15N5O4S2. The molecule has 2 heterocycles. The predicted octanol–water partition coefficient (Wildman–Crippen LogP) is 1.45. The summed E-state index contributed by atoms with van der Waals surface area (Å²) in [7, 11) is -3.76. The predicted molar refractivity (Wildman–Crippen MR) is 101 cm³/mol. The van der Waals surface area contributed by atoms with Crippen LogP contribution in [-0.4, -0.2) is 29.1 Å². The molecule has 0 saturated carbocycles. The van der Waals surface area contributed by atoms with Crippen LogP contribution >= 0.6 is 11.3 Å². The van der Waals surface area contributed by atoms with Crippen molar-refractivity contribution in [2.45, 2.75) is 18.4 Å². The van der Waals surface area contributed by atoms with Crippen molar-refractivity contribution in [1.82, 2.24) is 14.8 Å². The molecule has 27 heavy (non-hydrogen) atoms. The van der Waals surface area contributed by atoms with Gasteiger partial charge in [-0.25, -0.2) is 18.1 Å². The van der Waals surface area contributed by atoms with Gasteiger partial charge in [-0.3, -0.25) is 14.3 Å². The Hall–Kier alpha value is -3.05. The Morgan fingerprint density at radius 1 is 1.19 bits per heavy atom. The number of hydrogen-bond acceptors (Lipinski definition) is 7. The maximum absolute atomic E-state index is 12.3. The summed E-state index contributed by atoms with van der Waals surface area (Å²) in [5.74, 6) is -0.452. The molecular weight excluding hydrogens is 390 g/mol. The number of aryl methyl sites for hydroxylation is 1. The molecule has 3 rings (SSSR count). The van der Waals surface area contributed by atoms with Gasteiger partial charge in [-0.05, 0) is 37.3 Å². The molecule has 11 heteroatoms. The van der Waals surface area contributed by atoms with Crippen LogP contribution in [0.2, 0.25) is 0 Å². The van der Waals surface area contributed by atoms with E-state index in [0.717, 1.165) is 4.68 Å². The molecule has 140 valence electrons. The van der Waals surface area contributed by atoms with Crippen molar-refractivity contribution in [2.24, 2.45) is 0 Å². The third-order valence-corrected chi connectivity index (χ3v) is 5.57. The van der Waals surface area contributed by atoms with Crippen molar-refractivity contribution in [3.05, 3.63) is 64.0 Å². The molecule has 0 aliphatic carbocycles. The zero-order valence-corrected chi connectivity index (χ0v) is 15.8. The lowest BCUT2D eigenvalue weighted by Gasteiger charge is -2.09. The molecule has 2 N–H and O–H groups in total. The van der Waals surface area contributed by atoms with Gasteiger partial charge in [0.25, 0.3) is 15.6 Å². The molecule has 0 radical (unpaired) electrons. The van der Waals surface area contributed by atoms with Gasteiger partial charge in [0, 0.05) is 23.3 Å². The van der Waals surface area contributed by atoms with E-state index in [1.165, 1.54) is 47.9 Å². The molecule has 0 saturated heterocycles. The molecule has 2 aromatic heterocycles. The first kappa shape index (κ1) is 18.7. The van der Waals surface area contributed by atoms with Gasteiger partial charge in [0.1, 0.15) is 6.54 Å². The van der Waals surface area contributed by atoms with Crippen LogP contribution in [0.3, 0.4) is 0 Å². The number of amides is 1. The molecule has 0 spiro atoms. The third-order valence-electron chi connectivity index (χ3n) is 3.40. The fraction of sp³-hybridized carbons (Fsp3) is 0.125. The number of benzene rings is 1. The first-order chi connectivity index (χ1) is 12.8. The van der Waals surface area contributed by atoms with Gasteiger partial charge in [0.2, 0.25) is 5.91 Å². The van der Waals surface area contributed by atoms with E-state index >= 15 is 0 Å². The molecule has 0 aliphatic heterocycles. The van der Waals surface area contributed by atoms with Crippen molar-refractivity contribution in [3.8, 4) is 0 Å². The van der Waals surface area contributed by atoms with Crippen LogP contribution in [0.4, 0.5) is 10.8 Å². The highest BCUT2D eigenvalue weighted by atomic mass is 32.2. The Balaban J connectivity index is 1.67. The summed E-state index contributed by atoms with van der Waals surface area (Å²) in [5.41, 5.74) is 0.629. The molecule has 0 bridgehead atoms. The van der Waals surface area contributed by atoms with Crippen LogP contribution in [-0.2, 0) is 21.4 Å². The molecule has 0 atom stereocenters. The lowest BCUT2D eigenvalue weighted by molar-refractivity contribution is -0.117. The van der Waals surface area contributed by atoms with Gasteiger partial charge in [-0.2, -0.15) is 5.10 Å². The van der Waals surface area contributed by atoms with Crippen molar-refractivity contribution in [1.29, 1.82) is 0 Å². The molecule has 3 aromatic rings. The summed E-state index contributed by atoms with van der Waals surface area (Å²) < 4.78 is 28.0. The van der Waals surface area contributed by atoms with Gasteiger partial charge < -0.3 is 5.32 Å². The minimum absolute atomic E-state index is 0.0345. The second-order valence-corrected chi connectivity index (χ2v) is 8.06. The van der Waals surface area contributed by atoms with Crippen LogP contribution in [0.1, 0.15) is 5.69 Å². The summed E-state index contributed by atoms with van der Waals surface area (Å²) >= 11 is 1.17. The Bertz CT molecular complexity index is 1110. The van der Waals surface area contributed by atoms with E-state index < -0.39 is 15.9 Å². The highest BCUT2D eigenvalue weighted by Gasteiger charge is 2.15. The van der Waals surface area contributed by atoms with Crippen molar-refractivity contribution < 1.29 is 13.2 Å². The fourth-order valence-electron chi connectivity index (χ4n) is 2.17. The maximum Gasteiger partial charge on any atom is 0.267 e. The summed E-state index contributed by atoms with van der Waals surface area (Å²) in [6.45, 7) is 1.47. The molecule has 0 aliphatic rings. The van der Waals surface area contributed by atoms with Crippen LogP contribution in [0, 0.1) is 6.92 Å². The number of nitrogens with zero attached hydrogens (tertiary/aromatic N) is 3. The van der Waals surface area contributed by atoms with Gasteiger partial charge in [0.15, 0.2) is 5.13 Å². The van der Waals surface area contributed by atoms with Gasteiger partial charge >= 0.3 is 0 Å². The monoisotopic (exact) mass is 405 g/mol. The Labute approximate surface area is 158 Å². The smallest absolute Gasteiger partial charge is 0.267 e. The van der Waals surface area contributed by atoms with E-state index in [1.54, 1.807) is 18.4 Å². The number of sulfonamides is 1. The van der Waals surface area contributed by atoms with Gasteiger partial charge in [0.05, 0.1) is 10.6 Å². The van der Waals surface area contributed by atoms with E-state index in [1.807, 2.05) is 0 Å². The second kappa shape index (κ2) is 7.68. The highest BCUT2D eigenvalue weighted by Crippen LogP contribution is 2.19. The Morgan fingerprint density at radius 2 is 1.93 bits per heavy atom. The molecule has 9 nitrogen and oxygen atoms in total. The first-order valence-electron chi connectivity index (χ1n) is 7.70. The summed E-state index contributed by atoms with van der Waals surface area (Å²) in [6, 6.07) is 8.55. The number of aromatic nitrogens is 3. The van der Waals surface area contributed by atoms with Gasteiger partial charge in [-0.1, -0.05) is 0 Å². The number of rotatable bonds is 6. The molecule has 0 fully saturated rings. The number of carbonyl (C=O) groups is 1. The van der Waals surface area contributed by atoms with E-state index in [0.29, 0.717) is 11.4 Å². The van der Waals surface area contributed by atoms with Crippen molar-refractivity contribution in [2.75, 3.05) is 10.0 Å². The lowest BCUT2D eigenvalue weighted by atomic mass is 10.3. The van der Waals surface area contributed by atoms with E-state index in [4.69, 9.17) is 0 Å². The third kappa shape index (κ3) is 4.77. The van der Waals surface area contributed by atoms with Crippen LogP contribution < -0.4 is 15.6 Å². The standard InChI is InChI=1S/C16H15N5O4S2/c1-11-2-7-15(23)21(19-11)10-14(22)18-12-3-5-13(6-4-12)27(24,25)20-16-17-8-9-26-16/h2-9H,10H2,1H3,(H,17,20)(H,18,22). The average Bonchev–Trinajstić information content (AvgIpc) is 3.11.